The third-order valence-corrected chi connectivity index (χ3v) is 6.22. The number of hydrogen-bond donors (Lipinski definition) is 4. The lowest BCUT2D eigenvalue weighted by molar-refractivity contribution is -0.201. The van der Waals surface area contributed by atoms with E-state index in [1.165, 1.54) is 25.1 Å². The van der Waals surface area contributed by atoms with Crippen molar-refractivity contribution in [1.82, 2.24) is 9.97 Å². The highest BCUT2D eigenvalue weighted by Gasteiger charge is 2.43. The number of halogens is 3. The third kappa shape index (κ3) is 9.84. The number of carbonyl (C=O) groups is 3. The lowest BCUT2D eigenvalue weighted by Gasteiger charge is -2.20. The summed E-state index contributed by atoms with van der Waals surface area (Å²) < 4.78 is 38.3. The number of nitrogens with zero attached hydrogens (tertiary/aromatic N) is 5. The maximum Gasteiger partial charge on any atom is 0.493 e. The molecule has 0 aliphatic rings. The van der Waals surface area contributed by atoms with Crippen molar-refractivity contribution in [3.8, 4) is 0 Å². The maximum absolute atomic E-state index is 12.8. The fraction of sp³-hybridized carbons (Fsp3) is 0.156. The Kier molecular flexibility index (Phi) is 11.0. The average molecular weight is 662 g/mol. The molecule has 0 saturated heterocycles. The van der Waals surface area contributed by atoms with Crippen LogP contribution in [-0.4, -0.2) is 45.4 Å². The Bertz CT molecular complexity index is 1870. The van der Waals surface area contributed by atoms with Gasteiger partial charge in [-0.1, -0.05) is 42.5 Å². The molecule has 1 heterocycles. The fourth-order valence-corrected chi connectivity index (χ4v) is 4.01. The molecule has 2 amide bonds. The Morgan fingerprint density at radius 2 is 1.33 bits per heavy atom. The van der Waals surface area contributed by atoms with Crippen molar-refractivity contribution in [2.45, 2.75) is 33.9 Å². The summed E-state index contributed by atoms with van der Waals surface area (Å²) in [6, 6.07) is 23.7. The molecule has 0 saturated carbocycles. The number of carbonyl (C=O) groups excluding carboxylic acids is 3. The Morgan fingerprint density at radius 1 is 0.729 bits per heavy atom. The van der Waals surface area contributed by atoms with Gasteiger partial charge in [0, 0.05) is 31.3 Å². The van der Waals surface area contributed by atoms with Gasteiger partial charge >= 0.3 is 12.1 Å². The highest BCUT2D eigenvalue weighted by atomic mass is 19.4. The molecule has 248 valence electrons. The molecule has 0 aliphatic heterocycles. The van der Waals surface area contributed by atoms with Crippen molar-refractivity contribution in [2.75, 3.05) is 26.5 Å². The minimum atomic E-state index is -5.30. The van der Waals surface area contributed by atoms with Gasteiger partial charge in [-0.25, -0.2) is 10.2 Å². The van der Waals surface area contributed by atoms with E-state index in [1.807, 2.05) is 36.4 Å². The molecule has 48 heavy (non-hydrogen) atoms. The molecule has 0 atom stereocenters. The third-order valence-electron chi connectivity index (χ3n) is 6.22. The summed E-state index contributed by atoms with van der Waals surface area (Å²) in [6.45, 7) is 5.75. The van der Waals surface area contributed by atoms with Gasteiger partial charge in [0.05, 0.1) is 17.1 Å². The standard InChI is InChI=1S/C32H30F3N9O4/c1-19(23-10-8-14-26(16-23)36-21(3)45)40-42-29-18-28(37-25-12-6-5-7-13-25)38-31(39-29)43-41-20(2)24-11-9-15-27(17-24)44(22(4)46)48-30(47)32(33,34)35/h5-18H,1-4H3,(H,36,45)(H3,37,38,39,42,43)/b40-19+,41-20+. The molecule has 4 rings (SSSR count). The Labute approximate surface area is 272 Å². The number of alkyl halides is 3. The van der Waals surface area contributed by atoms with Gasteiger partial charge in [0.25, 0.3) is 5.91 Å². The quantitative estimate of drug-likeness (QED) is 0.114. The van der Waals surface area contributed by atoms with Crippen LogP contribution in [0.5, 0.6) is 0 Å². The molecule has 13 nitrogen and oxygen atoms in total. The monoisotopic (exact) mass is 661 g/mol. The first kappa shape index (κ1) is 34.6. The van der Waals surface area contributed by atoms with Crippen LogP contribution in [0.1, 0.15) is 38.8 Å². The normalized spacial score (nSPS) is 11.7. The van der Waals surface area contributed by atoms with Crippen LogP contribution in [0.2, 0.25) is 0 Å². The molecule has 0 fully saturated rings. The Morgan fingerprint density at radius 3 is 1.98 bits per heavy atom. The zero-order valence-electron chi connectivity index (χ0n) is 26.1. The van der Waals surface area contributed by atoms with Gasteiger partial charge in [0.2, 0.25) is 11.9 Å². The van der Waals surface area contributed by atoms with Crippen molar-refractivity contribution < 1.29 is 32.4 Å². The minimum absolute atomic E-state index is 0.0546. The number of hydrazone groups is 2. The zero-order valence-corrected chi connectivity index (χ0v) is 26.1. The number of anilines is 6. The highest BCUT2D eigenvalue weighted by Crippen LogP contribution is 2.23. The Balaban J connectivity index is 1.59. The van der Waals surface area contributed by atoms with Crippen LogP contribution in [0.25, 0.3) is 0 Å². The molecule has 16 heteroatoms. The molecule has 0 unspecified atom stereocenters. The van der Waals surface area contributed by atoms with Crippen LogP contribution in [0.4, 0.5) is 47.8 Å². The van der Waals surface area contributed by atoms with Crippen molar-refractivity contribution in [3.63, 3.8) is 0 Å². The van der Waals surface area contributed by atoms with Gasteiger partial charge < -0.3 is 15.5 Å². The van der Waals surface area contributed by atoms with E-state index in [-0.39, 0.29) is 22.6 Å². The SMILES string of the molecule is CC(=O)Nc1cccc(/C(C)=N/Nc2cc(Nc3ccccc3)nc(N/N=C(\C)c3cccc(N(OC(=O)C(F)(F)F)C(C)=O)c3)n2)c1. The number of nitrogens with one attached hydrogen (secondary N) is 4. The predicted octanol–water partition coefficient (Wildman–Crippen LogP) is 6.22. The average Bonchev–Trinajstić information content (AvgIpc) is 3.04. The van der Waals surface area contributed by atoms with E-state index in [0.717, 1.165) is 18.2 Å². The maximum atomic E-state index is 12.8. The van der Waals surface area contributed by atoms with Crippen LogP contribution in [0, 0.1) is 0 Å². The smallest absolute Gasteiger partial charge is 0.340 e. The van der Waals surface area contributed by atoms with E-state index in [2.05, 4.69) is 46.5 Å². The molecule has 0 radical (unpaired) electrons. The molecule has 3 aromatic carbocycles. The number of benzene rings is 3. The molecule has 0 aliphatic carbocycles. The lowest BCUT2D eigenvalue weighted by Crippen LogP contribution is -2.37. The van der Waals surface area contributed by atoms with E-state index in [0.29, 0.717) is 34.3 Å². The second-order valence-corrected chi connectivity index (χ2v) is 10.1. The number of hydroxylamine groups is 1. The molecular weight excluding hydrogens is 631 g/mol. The fourth-order valence-electron chi connectivity index (χ4n) is 4.01. The van der Waals surface area contributed by atoms with Crippen LogP contribution in [0.3, 0.4) is 0 Å². The van der Waals surface area contributed by atoms with Gasteiger partial charge in [-0.15, -0.1) is 5.06 Å². The van der Waals surface area contributed by atoms with Gasteiger partial charge in [0.1, 0.15) is 5.82 Å². The van der Waals surface area contributed by atoms with Crippen molar-refractivity contribution in [1.29, 1.82) is 0 Å². The lowest BCUT2D eigenvalue weighted by atomic mass is 10.1. The predicted molar refractivity (Wildman–Crippen MR) is 176 cm³/mol. The summed E-state index contributed by atoms with van der Waals surface area (Å²) in [7, 11) is 0. The second-order valence-electron chi connectivity index (χ2n) is 10.1. The van der Waals surface area contributed by atoms with Crippen molar-refractivity contribution in [3.05, 3.63) is 96.1 Å². The van der Waals surface area contributed by atoms with Gasteiger partial charge in [-0.3, -0.25) is 15.0 Å². The summed E-state index contributed by atoms with van der Waals surface area (Å²) in [4.78, 5) is 48.0. The summed E-state index contributed by atoms with van der Waals surface area (Å²) in [6.07, 6.45) is -5.30. The first-order valence-electron chi connectivity index (χ1n) is 14.2. The van der Waals surface area contributed by atoms with Crippen molar-refractivity contribution >= 4 is 63.9 Å². The van der Waals surface area contributed by atoms with E-state index in [4.69, 9.17) is 0 Å². The largest absolute Gasteiger partial charge is 0.493 e. The van der Waals surface area contributed by atoms with E-state index < -0.39 is 18.1 Å². The summed E-state index contributed by atoms with van der Waals surface area (Å²) in [5, 5.41) is 14.9. The van der Waals surface area contributed by atoms with Crippen LogP contribution < -0.4 is 26.5 Å². The zero-order chi connectivity index (χ0) is 34.8. The molecule has 4 aromatic rings. The molecule has 4 N–H and O–H groups in total. The highest BCUT2D eigenvalue weighted by molar-refractivity contribution is 6.02. The number of amides is 2. The first-order valence-corrected chi connectivity index (χ1v) is 14.2. The first-order chi connectivity index (χ1) is 22.8. The molecule has 0 spiro atoms. The minimum Gasteiger partial charge on any atom is -0.340 e. The van der Waals surface area contributed by atoms with E-state index in [1.54, 1.807) is 44.2 Å². The van der Waals surface area contributed by atoms with Gasteiger partial charge in [0.15, 0.2) is 5.82 Å². The van der Waals surface area contributed by atoms with Crippen LogP contribution in [0.15, 0.2) is 95.1 Å². The summed E-state index contributed by atoms with van der Waals surface area (Å²) in [5.41, 5.74) is 8.97. The molecule has 1 aromatic heterocycles. The van der Waals surface area contributed by atoms with Gasteiger partial charge in [-0.05, 0) is 61.4 Å². The van der Waals surface area contributed by atoms with Crippen LogP contribution >= 0.6 is 0 Å². The molecular formula is C32H30F3N9O4. The number of rotatable bonds is 10. The van der Waals surface area contributed by atoms with E-state index >= 15 is 0 Å². The molecule has 0 bridgehead atoms. The number of hydrogen-bond acceptors (Lipinski definition) is 11. The second kappa shape index (κ2) is 15.3. The number of aromatic nitrogens is 2. The van der Waals surface area contributed by atoms with E-state index in [9.17, 15) is 27.6 Å². The summed E-state index contributed by atoms with van der Waals surface area (Å²) in [5.74, 6) is -2.96. The Hall–Kier alpha value is -6.32. The summed E-state index contributed by atoms with van der Waals surface area (Å²) >= 11 is 0. The number of para-hydroxylation sites is 1. The van der Waals surface area contributed by atoms with Crippen LogP contribution in [-0.2, 0) is 19.2 Å². The topological polar surface area (TPSA) is 162 Å². The van der Waals surface area contributed by atoms with Gasteiger partial charge in [-0.2, -0.15) is 33.3 Å². The van der Waals surface area contributed by atoms with Crippen molar-refractivity contribution in [2.24, 2.45) is 10.2 Å².